The highest BCUT2D eigenvalue weighted by molar-refractivity contribution is 5.62. The molecular formula is C9H18O3. The highest BCUT2D eigenvalue weighted by atomic mass is 16.4. The van der Waals surface area contributed by atoms with Crippen molar-refractivity contribution in [2.24, 2.45) is 5.92 Å². The standard InChI is InChI=1S/C7H14O.C2H4O2/c1-6-3-2-4-7(8)5-6;1-2(3)4/h6-8H,2-5H2,1H3;1H3,(H,3,4)/t6-,7-;/m0./s1. The van der Waals surface area contributed by atoms with Crippen LogP contribution in [0.5, 0.6) is 0 Å². The molecule has 1 aliphatic rings. The summed E-state index contributed by atoms with van der Waals surface area (Å²) in [5.74, 6) is -0.0706. The van der Waals surface area contributed by atoms with Gasteiger partial charge >= 0.3 is 0 Å². The van der Waals surface area contributed by atoms with Crippen LogP contribution in [-0.4, -0.2) is 22.3 Å². The van der Waals surface area contributed by atoms with Gasteiger partial charge < -0.3 is 10.2 Å². The van der Waals surface area contributed by atoms with Crippen LogP contribution in [0.25, 0.3) is 0 Å². The Labute approximate surface area is 73.4 Å². The smallest absolute Gasteiger partial charge is 0.300 e. The van der Waals surface area contributed by atoms with Crippen LogP contribution in [0.3, 0.4) is 0 Å². The van der Waals surface area contributed by atoms with Crippen molar-refractivity contribution in [3.05, 3.63) is 0 Å². The monoisotopic (exact) mass is 174 g/mol. The molecule has 0 aromatic carbocycles. The van der Waals surface area contributed by atoms with Gasteiger partial charge in [-0.15, -0.1) is 0 Å². The van der Waals surface area contributed by atoms with Crippen molar-refractivity contribution in [2.45, 2.75) is 45.6 Å². The third-order valence-corrected chi connectivity index (χ3v) is 1.91. The van der Waals surface area contributed by atoms with E-state index in [1.54, 1.807) is 0 Å². The van der Waals surface area contributed by atoms with Gasteiger partial charge in [-0.3, -0.25) is 4.79 Å². The van der Waals surface area contributed by atoms with Crippen LogP contribution >= 0.6 is 0 Å². The largest absolute Gasteiger partial charge is 0.481 e. The molecule has 12 heavy (non-hydrogen) atoms. The number of aliphatic hydroxyl groups excluding tert-OH is 1. The maximum atomic E-state index is 9.08. The average Bonchev–Trinajstić information content (AvgIpc) is 1.84. The quantitative estimate of drug-likeness (QED) is 0.587. The van der Waals surface area contributed by atoms with Crippen molar-refractivity contribution in [1.82, 2.24) is 0 Å². The van der Waals surface area contributed by atoms with E-state index in [1.165, 1.54) is 12.8 Å². The van der Waals surface area contributed by atoms with E-state index in [0.717, 1.165) is 25.7 Å². The number of carbonyl (C=O) groups is 1. The van der Waals surface area contributed by atoms with Crippen LogP contribution in [0.15, 0.2) is 0 Å². The second kappa shape index (κ2) is 6.00. The molecule has 0 saturated heterocycles. The zero-order valence-electron chi connectivity index (χ0n) is 7.79. The summed E-state index contributed by atoms with van der Waals surface area (Å²) in [5, 5.41) is 16.5. The first-order chi connectivity index (χ1) is 5.52. The molecule has 1 saturated carbocycles. The van der Waals surface area contributed by atoms with Crippen molar-refractivity contribution in [3.8, 4) is 0 Å². The van der Waals surface area contributed by atoms with Gasteiger partial charge in [0.25, 0.3) is 5.97 Å². The van der Waals surface area contributed by atoms with E-state index in [1.807, 2.05) is 0 Å². The summed E-state index contributed by atoms with van der Waals surface area (Å²) in [6.07, 6.45) is 4.61. The molecule has 0 unspecified atom stereocenters. The van der Waals surface area contributed by atoms with Crippen molar-refractivity contribution >= 4 is 5.97 Å². The van der Waals surface area contributed by atoms with Gasteiger partial charge in [-0.25, -0.2) is 0 Å². The Morgan fingerprint density at radius 3 is 2.17 bits per heavy atom. The molecule has 2 atom stereocenters. The Bertz CT molecular complexity index is 122. The van der Waals surface area contributed by atoms with Gasteiger partial charge in [-0.05, 0) is 18.8 Å². The minimum atomic E-state index is -0.833. The normalized spacial score (nSPS) is 28.6. The number of carboxylic acids is 1. The molecule has 0 heterocycles. The molecule has 0 radical (unpaired) electrons. The summed E-state index contributed by atoms with van der Waals surface area (Å²) in [5.41, 5.74) is 0. The fourth-order valence-electron chi connectivity index (χ4n) is 1.40. The molecule has 0 spiro atoms. The molecule has 1 fully saturated rings. The number of aliphatic hydroxyl groups is 1. The third kappa shape index (κ3) is 7.54. The SMILES string of the molecule is CC(=O)O.C[C@H]1CCC[C@H](O)C1. The van der Waals surface area contributed by atoms with Crippen LogP contribution in [0.2, 0.25) is 0 Å². The zero-order chi connectivity index (χ0) is 9.56. The number of aliphatic carboxylic acids is 1. The molecule has 2 N–H and O–H groups in total. The van der Waals surface area contributed by atoms with Gasteiger partial charge in [0.1, 0.15) is 0 Å². The van der Waals surface area contributed by atoms with Crippen molar-refractivity contribution in [2.75, 3.05) is 0 Å². The molecule has 1 aliphatic carbocycles. The fraction of sp³-hybridized carbons (Fsp3) is 0.889. The van der Waals surface area contributed by atoms with Crippen molar-refractivity contribution in [3.63, 3.8) is 0 Å². The van der Waals surface area contributed by atoms with Gasteiger partial charge in [0.05, 0.1) is 6.10 Å². The van der Waals surface area contributed by atoms with Gasteiger partial charge in [0, 0.05) is 6.92 Å². The molecule has 0 bridgehead atoms. The summed E-state index contributed by atoms with van der Waals surface area (Å²) in [4.78, 5) is 9.00. The molecule has 72 valence electrons. The highest BCUT2D eigenvalue weighted by Gasteiger charge is 2.15. The number of hydrogen-bond donors (Lipinski definition) is 2. The molecular weight excluding hydrogens is 156 g/mol. The number of hydrogen-bond acceptors (Lipinski definition) is 2. The van der Waals surface area contributed by atoms with E-state index in [2.05, 4.69) is 6.92 Å². The zero-order valence-corrected chi connectivity index (χ0v) is 7.79. The second-order valence-electron chi connectivity index (χ2n) is 3.44. The Morgan fingerprint density at radius 1 is 1.42 bits per heavy atom. The fourth-order valence-corrected chi connectivity index (χ4v) is 1.40. The van der Waals surface area contributed by atoms with Crippen LogP contribution < -0.4 is 0 Å². The molecule has 0 aromatic heterocycles. The van der Waals surface area contributed by atoms with Gasteiger partial charge in [0.2, 0.25) is 0 Å². The first-order valence-corrected chi connectivity index (χ1v) is 4.40. The summed E-state index contributed by atoms with van der Waals surface area (Å²) in [6.45, 7) is 3.29. The summed E-state index contributed by atoms with van der Waals surface area (Å²) >= 11 is 0. The predicted octanol–water partition coefficient (Wildman–Crippen LogP) is 1.65. The van der Waals surface area contributed by atoms with E-state index in [-0.39, 0.29) is 6.10 Å². The van der Waals surface area contributed by atoms with Gasteiger partial charge in [0.15, 0.2) is 0 Å². The Morgan fingerprint density at radius 2 is 1.92 bits per heavy atom. The summed E-state index contributed by atoms with van der Waals surface area (Å²) in [6, 6.07) is 0. The first-order valence-electron chi connectivity index (χ1n) is 4.40. The molecule has 3 nitrogen and oxygen atoms in total. The van der Waals surface area contributed by atoms with Crippen LogP contribution in [-0.2, 0) is 4.79 Å². The maximum absolute atomic E-state index is 9.08. The van der Waals surface area contributed by atoms with Crippen molar-refractivity contribution < 1.29 is 15.0 Å². The van der Waals surface area contributed by atoms with Crippen LogP contribution in [0.1, 0.15) is 39.5 Å². The minimum Gasteiger partial charge on any atom is -0.481 e. The van der Waals surface area contributed by atoms with E-state index >= 15 is 0 Å². The number of carboxylic acid groups (broad SMARTS) is 1. The minimum absolute atomic E-state index is 0.0127. The highest BCUT2D eigenvalue weighted by Crippen LogP contribution is 2.22. The van der Waals surface area contributed by atoms with Gasteiger partial charge in [-0.2, -0.15) is 0 Å². The first kappa shape index (κ1) is 11.4. The predicted molar refractivity (Wildman–Crippen MR) is 46.9 cm³/mol. The Kier molecular flexibility index (Phi) is 5.72. The molecule has 0 aromatic rings. The lowest BCUT2D eigenvalue weighted by Crippen LogP contribution is -2.16. The maximum Gasteiger partial charge on any atom is 0.300 e. The third-order valence-electron chi connectivity index (χ3n) is 1.91. The molecule has 0 aliphatic heterocycles. The average molecular weight is 174 g/mol. The summed E-state index contributed by atoms with van der Waals surface area (Å²) < 4.78 is 0. The van der Waals surface area contributed by atoms with Crippen molar-refractivity contribution in [1.29, 1.82) is 0 Å². The lowest BCUT2D eigenvalue weighted by Gasteiger charge is -2.21. The molecule has 0 amide bonds. The molecule has 1 rings (SSSR count). The molecule has 3 heteroatoms. The summed E-state index contributed by atoms with van der Waals surface area (Å²) in [7, 11) is 0. The topological polar surface area (TPSA) is 57.5 Å². The second-order valence-corrected chi connectivity index (χ2v) is 3.44. The van der Waals surface area contributed by atoms with E-state index in [9.17, 15) is 0 Å². The van der Waals surface area contributed by atoms with Gasteiger partial charge in [-0.1, -0.05) is 19.8 Å². The number of rotatable bonds is 0. The van der Waals surface area contributed by atoms with Crippen LogP contribution in [0, 0.1) is 5.92 Å². The van der Waals surface area contributed by atoms with Crippen LogP contribution in [0.4, 0.5) is 0 Å². The lowest BCUT2D eigenvalue weighted by molar-refractivity contribution is -0.134. The Hall–Kier alpha value is -0.570. The van der Waals surface area contributed by atoms with E-state index in [4.69, 9.17) is 15.0 Å². The van der Waals surface area contributed by atoms with E-state index < -0.39 is 5.97 Å². The van der Waals surface area contributed by atoms with E-state index in [0.29, 0.717) is 0 Å². The Balaban J connectivity index is 0.000000261. The lowest BCUT2D eigenvalue weighted by atomic mass is 9.89.